The molecule has 0 saturated heterocycles. The average Bonchev–Trinajstić information content (AvgIpc) is 2.61. The van der Waals surface area contributed by atoms with Crippen molar-refractivity contribution < 1.29 is 4.74 Å². The van der Waals surface area contributed by atoms with Gasteiger partial charge in [0.2, 0.25) is 0 Å². The van der Waals surface area contributed by atoms with Crippen molar-refractivity contribution in [2.24, 2.45) is 0 Å². The van der Waals surface area contributed by atoms with E-state index < -0.39 is 0 Å². The van der Waals surface area contributed by atoms with Crippen LogP contribution in [0.3, 0.4) is 0 Å². The second-order valence-electron chi connectivity index (χ2n) is 4.69. The molecule has 1 aromatic heterocycles. The topological polar surface area (TPSA) is 37.9 Å². The van der Waals surface area contributed by atoms with Crippen molar-refractivity contribution in [1.82, 2.24) is 9.97 Å². The third-order valence-corrected chi connectivity index (χ3v) is 2.52. The van der Waals surface area contributed by atoms with Gasteiger partial charge < -0.3 is 9.72 Å². The van der Waals surface area contributed by atoms with Crippen molar-refractivity contribution in [2.45, 2.75) is 26.2 Å². The van der Waals surface area contributed by atoms with Gasteiger partial charge in [0, 0.05) is 5.56 Å². The Morgan fingerprint density at radius 3 is 2.60 bits per heavy atom. The Morgan fingerprint density at radius 1 is 1.27 bits per heavy atom. The number of nitrogens with one attached hydrogen (secondary N) is 1. The van der Waals surface area contributed by atoms with E-state index in [4.69, 9.17) is 4.74 Å². The van der Waals surface area contributed by atoms with Gasteiger partial charge in [0.05, 0.1) is 24.5 Å². The number of hydrogen-bond acceptors (Lipinski definition) is 2. The lowest BCUT2D eigenvalue weighted by Gasteiger charge is -2.22. The van der Waals surface area contributed by atoms with E-state index in [0.29, 0.717) is 0 Å². The number of imidazole rings is 1. The number of benzene rings is 1. The summed E-state index contributed by atoms with van der Waals surface area (Å²) in [5, 5.41) is 0. The summed E-state index contributed by atoms with van der Waals surface area (Å²) >= 11 is 0. The van der Waals surface area contributed by atoms with Gasteiger partial charge in [-0.3, -0.25) is 0 Å². The van der Waals surface area contributed by atoms with E-state index in [9.17, 15) is 0 Å². The first-order valence-corrected chi connectivity index (χ1v) is 5.04. The highest BCUT2D eigenvalue weighted by molar-refractivity contribution is 5.82. The summed E-state index contributed by atoms with van der Waals surface area (Å²) in [5.41, 5.74) is 3.24. The highest BCUT2D eigenvalue weighted by Crippen LogP contribution is 2.35. The second kappa shape index (κ2) is 3.26. The number of ether oxygens (including phenoxy) is 1. The Balaban J connectivity index is 2.80. The third-order valence-electron chi connectivity index (χ3n) is 2.52. The molecule has 1 N–H and O–H groups in total. The molecule has 3 nitrogen and oxygen atoms in total. The minimum Gasteiger partial charge on any atom is -0.496 e. The Morgan fingerprint density at radius 2 is 2.00 bits per heavy atom. The van der Waals surface area contributed by atoms with Crippen LogP contribution in [0.2, 0.25) is 0 Å². The first-order valence-electron chi connectivity index (χ1n) is 5.04. The monoisotopic (exact) mass is 204 g/mol. The maximum Gasteiger partial charge on any atom is 0.124 e. The van der Waals surface area contributed by atoms with E-state index in [0.717, 1.165) is 22.3 Å². The molecule has 1 heterocycles. The van der Waals surface area contributed by atoms with Gasteiger partial charge >= 0.3 is 0 Å². The number of rotatable bonds is 1. The van der Waals surface area contributed by atoms with Crippen LogP contribution in [0.1, 0.15) is 26.3 Å². The number of fused-ring (bicyclic) bond motifs is 1. The standard InChI is InChI=1S/C12H16N2O/c1-12(2,3)10-9(15-4)6-5-8-11(10)14-7-13-8/h5-7H,1-4H3,(H,13,14). The highest BCUT2D eigenvalue weighted by Gasteiger charge is 2.22. The van der Waals surface area contributed by atoms with Crippen LogP contribution in [0.25, 0.3) is 11.0 Å². The van der Waals surface area contributed by atoms with Gasteiger partial charge in [-0.2, -0.15) is 0 Å². The molecule has 80 valence electrons. The maximum absolute atomic E-state index is 5.40. The van der Waals surface area contributed by atoms with Crippen LogP contribution in [0.5, 0.6) is 5.75 Å². The molecule has 0 aliphatic carbocycles. The van der Waals surface area contributed by atoms with Gasteiger partial charge in [-0.1, -0.05) is 20.8 Å². The maximum atomic E-state index is 5.40. The van der Waals surface area contributed by atoms with Gasteiger partial charge in [0.1, 0.15) is 5.75 Å². The predicted molar refractivity (Wildman–Crippen MR) is 61.3 cm³/mol. The number of hydrogen-bond donors (Lipinski definition) is 1. The van der Waals surface area contributed by atoms with Crippen LogP contribution < -0.4 is 4.74 Å². The van der Waals surface area contributed by atoms with E-state index in [1.165, 1.54) is 0 Å². The lowest BCUT2D eigenvalue weighted by atomic mass is 9.85. The number of H-pyrrole nitrogens is 1. The Bertz CT molecular complexity index is 480. The summed E-state index contributed by atoms with van der Waals surface area (Å²) in [4.78, 5) is 7.47. The summed E-state index contributed by atoms with van der Waals surface area (Å²) in [7, 11) is 1.70. The Kier molecular flexibility index (Phi) is 2.18. The molecular formula is C12H16N2O. The zero-order valence-electron chi connectivity index (χ0n) is 9.59. The van der Waals surface area contributed by atoms with E-state index in [1.807, 2.05) is 12.1 Å². The molecule has 2 rings (SSSR count). The highest BCUT2D eigenvalue weighted by atomic mass is 16.5. The van der Waals surface area contributed by atoms with Crippen LogP contribution >= 0.6 is 0 Å². The van der Waals surface area contributed by atoms with Crippen LogP contribution in [-0.2, 0) is 5.41 Å². The summed E-state index contributed by atoms with van der Waals surface area (Å²) in [6.07, 6.45) is 1.72. The molecule has 0 aliphatic rings. The first-order chi connectivity index (χ1) is 7.04. The molecular weight excluding hydrogens is 188 g/mol. The molecule has 0 atom stereocenters. The van der Waals surface area contributed by atoms with E-state index in [1.54, 1.807) is 13.4 Å². The Hall–Kier alpha value is -1.51. The molecule has 0 saturated carbocycles. The minimum atomic E-state index is 0.0278. The predicted octanol–water partition coefficient (Wildman–Crippen LogP) is 2.87. The van der Waals surface area contributed by atoms with Crippen molar-refractivity contribution >= 4 is 11.0 Å². The SMILES string of the molecule is COc1ccc2[nH]cnc2c1C(C)(C)C. The molecule has 0 amide bonds. The second-order valence-corrected chi connectivity index (χ2v) is 4.69. The largest absolute Gasteiger partial charge is 0.496 e. The Labute approximate surface area is 89.5 Å². The molecule has 3 heteroatoms. The quantitative estimate of drug-likeness (QED) is 0.775. The third kappa shape index (κ3) is 1.58. The summed E-state index contributed by atoms with van der Waals surface area (Å²) in [6, 6.07) is 3.98. The fourth-order valence-corrected chi connectivity index (χ4v) is 1.88. The lowest BCUT2D eigenvalue weighted by Crippen LogP contribution is -2.13. The van der Waals surface area contributed by atoms with Crippen LogP contribution in [-0.4, -0.2) is 17.1 Å². The fraction of sp³-hybridized carbons (Fsp3) is 0.417. The molecule has 0 aliphatic heterocycles. The van der Waals surface area contributed by atoms with E-state index in [2.05, 4.69) is 30.7 Å². The minimum absolute atomic E-state index is 0.0278. The smallest absolute Gasteiger partial charge is 0.124 e. The number of aromatic nitrogens is 2. The first kappa shape index (κ1) is 10.0. The van der Waals surface area contributed by atoms with Crippen molar-refractivity contribution in [3.63, 3.8) is 0 Å². The zero-order valence-corrected chi connectivity index (χ0v) is 9.59. The summed E-state index contributed by atoms with van der Waals surface area (Å²) in [6.45, 7) is 6.50. The van der Waals surface area contributed by atoms with Gasteiger partial charge in [0.25, 0.3) is 0 Å². The van der Waals surface area contributed by atoms with Crippen LogP contribution in [0.4, 0.5) is 0 Å². The zero-order chi connectivity index (χ0) is 11.1. The molecule has 15 heavy (non-hydrogen) atoms. The molecule has 0 unspecified atom stereocenters. The average molecular weight is 204 g/mol. The number of aromatic amines is 1. The molecule has 0 fully saturated rings. The van der Waals surface area contributed by atoms with Crippen LogP contribution in [0, 0.1) is 0 Å². The van der Waals surface area contributed by atoms with Gasteiger partial charge in [0.15, 0.2) is 0 Å². The number of nitrogens with zero attached hydrogens (tertiary/aromatic N) is 1. The fourth-order valence-electron chi connectivity index (χ4n) is 1.88. The van der Waals surface area contributed by atoms with Crippen molar-refractivity contribution in [1.29, 1.82) is 0 Å². The lowest BCUT2D eigenvalue weighted by molar-refractivity contribution is 0.399. The van der Waals surface area contributed by atoms with E-state index in [-0.39, 0.29) is 5.41 Å². The number of methoxy groups -OCH3 is 1. The van der Waals surface area contributed by atoms with E-state index >= 15 is 0 Å². The molecule has 0 bridgehead atoms. The van der Waals surface area contributed by atoms with Crippen molar-refractivity contribution in [3.8, 4) is 5.75 Å². The normalized spacial score (nSPS) is 12.0. The molecule has 0 radical (unpaired) electrons. The van der Waals surface area contributed by atoms with Gasteiger partial charge in [-0.15, -0.1) is 0 Å². The molecule has 2 aromatic rings. The van der Waals surface area contributed by atoms with Gasteiger partial charge in [-0.25, -0.2) is 4.98 Å². The molecule has 0 spiro atoms. The van der Waals surface area contributed by atoms with Crippen molar-refractivity contribution in [2.75, 3.05) is 7.11 Å². The van der Waals surface area contributed by atoms with Crippen LogP contribution in [0.15, 0.2) is 18.5 Å². The summed E-state index contributed by atoms with van der Waals surface area (Å²) < 4.78 is 5.40. The van der Waals surface area contributed by atoms with Crippen molar-refractivity contribution in [3.05, 3.63) is 24.0 Å². The molecule has 1 aromatic carbocycles. The summed E-state index contributed by atoms with van der Waals surface area (Å²) in [5.74, 6) is 0.905. The van der Waals surface area contributed by atoms with Gasteiger partial charge in [-0.05, 0) is 17.5 Å².